The number of hydrogen-bond donors (Lipinski definition) is 0. The minimum atomic E-state index is -6.28. The minimum absolute atomic E-state index is 1.26. The molecule has 2 heterocycles. The van der Waals surface area contributed by atoms with Crippen molar-refractivity contribution >= 4 is 41.6 Å². The predicted octanol–water partition coefficient (Wildman–Crippen LogP) is -10.5. The lowest BCUT2D eigenvalue weighted by molar-refractivity contribution is -0.835. The Morgan fingerprint density at radius 3 is 1.60 bits per heavy atom. The summed E-state index contributed by atoms with van der Waals surface area (Å²) < 4.78 is 167. The predicted molar refractivity (Wildman–Crippen MR) is 103 cm³/mol. The van der Waals surface area contributed by atoms with E-state index >= 15 is 0 Å². The van der Waals surface area contributed by atoms with Gasteiger partial charge in [0.25, 0.3) is 0 Å². The molecule has 2 unspecified atom stereocenters. The molecule has 0 amide bonds. The van der Waals surface area contributed by atoms with Crippen LogP contribution in [0.2, 0.25) is 0 Å². The van der Waals surface area contributed by atoms with Crippen LogP contribution >= 0.6 is 0 Å². The number of hydrogen-bond acceptors (Lipinski definition) is 31. The van der Waals surface area contributed by atoms with Crippen LogP contribution in [0.15, 0.2) is 0 Å². The highest BCUT2D eigenvalue weighted by atomic mass is 32.3. The van der Waals surface area contributed by atoms with E-state index in [4.69, 9.17) is 14.2 Å². The van der Waals surface area contributed by atoms with Gasteiger partial charge in [0, 0.05) is 0 Å². The third-order valence-corrected chi connectivity index (χ3v) is 7.05. The zero-order chi connectivity index (χ0) is 35.8. The van der Waals surface area contributed by atoms with Crippen LogP contribution in [0.5, 0.6) is 0 Å². The molecule has 0 spiro atoms. The molecule has 0 N–H and O–H groups in total. The maximum atomic E-state index is 11.6. The SMILES string of the molecule is O=S(=O)([O-])OC[C@H]1O[C@@](COS(=O)(=O)[O-])(O[C@@H]2OC(COO[O-])[C@@H](OO[O-])[C@H](OO[O-])C2OO[O-])[C@H](OS(=O)(=O)[O-])[C@H]1OS(=O)(=O)[O-]. The zero-order valence-electron chi connectivity index (χ0n) is 21.5. The summed E-state index contributed by atoms with van der Waals surface area (Å²) >= 11 is 0. The third kappa shape index (κ3) is 13.3. The molecule has 2 fully saturated rings. The van der Waals surface area contributed by atoms with Crippen molar-refractivity contribution in [3.63, 3.8) is 0 Å². The first kappa shape index (κ1) is 42.0. The summed E-state index contributed by atoms with van der Waals surface area (Å²) in [5.41, 5.74) is 0. The summed E-state index contributed by atoms with van der Waals surface area (Å²) in [6.45, 7) is -5.24. The standard InChI is InChI=1S/C12H22O31S4/c13-40-29-1-4-6(35-41-14)8(36-42-15)9(37-43-16)11(32-4)34-12(3-31-45(20,21)22)10(39-47(26,27)28)7(38-46(23,24)25)5(33-12)2-30-44(17,18)19/h4-11,13-16H,1-3H2,(H,17,18,19)(H,20,21,22)(H,23,24,25)(H,26,27,28)/p-8/t4?,5-,6-,7+,8+,9?,10-,11+,12+/m1/s1. The van der Waals surface area contributed by atoms with Gasteiger partial charge in [-0.05, 0) is 0 Å². The summed E-state index contributed by atoms with van der Waals surface area (Å²) in [6, 6.07) is 0. The normalized spacial score (nSPS) is 32.5. The molecule has 2 rings (SSSR count). The summed E-state index contributed by atoms with van der Waals surface area (Å²) in [5, 5.41) is 55.3. The van der Waals surface area contributed by atoms with Crippen molar-refractivity contribution < 1.29 is 144 Å². The quantitative estimate of drug-likeness (QED) is 0.0451. The zero-order valence-corrected chi connectivity index (χ0v) is 24.8. The van der Waals surface area contributed by atoms with E-state index in [0.29, 0.717) is 0 Å². The van der Waals surface area contributed by atoms with Gasteiger partial charge >= 0.3 is 0 Å². The van der Waals surface area contributed by atoms with Crippen LogP contribution < -0.4 is 21.0 Å². The third-order valence-electron chi connectivity index (χ3n) is 5.32. The van der Waals surface area contributed by atoms with Crippen molar-refractivity contribution in [2.45, 2.75) is 54.8 Å². The van der Waals surface area contributed by atoms with Crippen molar-refractivity contribution in [2.75, 3.05) is 19.8 Å². The summed E-state index contributed by atoms with van der Waals surface area (Å²) in [5.74, 6) is -3.81. The summed E-state index contributed by atoms with van der Waals surface area (Å²) in [4.78, 5) is 16.7. The lowest BCUT2D eigenvalue weighted by Crippen LogP contribution is -2.65. The van der Waals surface area contributed by atoms with Crippen molar-refractivity contribution in [3.05, 3.63) is 0 Å². The van der Waals surface area contributed by atoms with Crippen LogP contribution in [0.1, 0.15) is 0 Å². The van der Waals surface area contributed by atoms with E-state index < -0.39 is 116 Å². The second-order valence-electron chi connectivity index (χ2n) is 8.13. The average Bonchev–Trinajstić information content (AvgIpc) is 3.17. The van der Waals surface area contributed by atoms with Crippen LogP contribution in [0.3, 0.4) is 0 Å². The fourth-order valence-electron chi connectivity index (χ4n) is 3.88. The van der Waals surface area contributed by atoms with Crippen molar-refractivity contribution in [1.82, 2.24) is 0 Å². The monoisotopic (exact) mass is 782 g/mol. The highest BCUT2D eigenvalue weighted by Crippen LogP contribution is 2.42. The second-order valence-corrected chi connectivity index (χ2v) is 12.2. The van der Waals surface area contributed by atoms with E-state index in [1.165, 1.54) is 0 Å². The lowest BCUT2D eigenvalue weighted by Gasteiger charge is -2.46. The van der Waals surface area contributed by atoms with E-state index in [1.54, 1.807) is 0 Å². The first-order valence-corrected chi connectivity index (χ1v) is 16.2. The fourth-order valence-corrected chi connectivity index (χ4v) is 5.50. The van der Waals surface area contributed by atoms with Gasteiger partial charge in [0.05, 0.1) is 6.61 Å². The van der Waals surface area contributed by atoms with Gasteiger partial charge < -0.3 is 53.5 Å². The highest BCUT2D eigenvalue weighted by molar-refractivity contribution is 7.81. The molecule has 2 saturated heterocycles. The second kappa shape index (κ2) is 17.2. The van der Waals surface area contributed by atoms with Gasteiger partial charge in [-0.25, -0.2) is 53.2 Å². The summed E-state index contributed by atoms with van der Waals surface area (Å²) in [7, 11) is -24.2. The van der Waals surface area contributed by atoms with Crippen molar-refractivity contribution in [1.29, 1.82) is 0 Å². The number of rotatable bonds is 21. The Morgan fingerprint density at radius 1 is 0.574 bits per heavy atom. The van der Waals surface area contributed by atoms with Gasteiger partial charge in [-0.3, -0.25) is 36.9 Å². The van der Waals surface area contributed by atoms with Crippen LogP contribution in [0.25, 0.3) is 0 Å². The van der Waals surface area contributed by atoms with Crippen LogP contribution in [0, 0.1) is 0 Å². The molecule has 0 radical (unpaired) electrons. The van der Waals surface area contributed by atoms with Crippen molar-refractivity contribution in [2.24, 2.45) is 0 Å². The molecule has 0 bridgehead atoms. The van der Waals surface area contributed by atoms with Crippen LogP contribution in [-0.2, 0) is 112 Å². The smallest absolute Gasteiger partial charge is 0.227 e. The molecule has 35 heteroatoms. The molecule has 280 valence electrons. The molecule has 2 aliphatic rings. The average molecular weight is 782 g/mol. The van der Waals surface area contributed by atoms with E-state index in [9.17, 15) is 72.9 Å². The number of ether oxygens (including phenoxy) is 3. The Balaban J connectivity index is 2.82. The van der Waals surface area contributed by atoms with Crippen molar-refractivity contribution in [3.8, 4) is 0 Å². The van der Waals surface area contributed by atoms with Gasteiger partial charge in [-0.2, -0.15) is 0 Å². The largest absolute Gasteiger partial charge is 0.726 e. The molecular formula is C12H14O31S4-8. The van der Waals surface area contributed by atoms with E-state index in [0.717, 1.165) is 0 Å². The van der Waals surface area contributed by atoms with Gasteiger partial charge in [-0.1, -0.05) is 0 Å². The van der Waals surface area contributed by atoms with Gasteiger partial charge in [0.2, 0.25) is 47.4 Å². The maximum absolute atomic E-state index is 11.6. The molecule has 2 aliphatic heterocycles. The van der Waals surface area contributed by atoms with E-state index in [2.05, 4.69) is 56.4 Å². The molecular weight excluding hydrogens is 768 g/mol. The Labute approximate surface area is 259 Å². The first-order chi connectivity index (χ1) is 21.6. The van der Waals surface area contributed by atoms with E-state index in [-0.39, 0.29) is 0 Å². The lowest BCUT2D eigenvalue weighted by atomic mass is 9.98. The maximum Gasteiger partial charge on any atom is 0.227 e. The molecule has 0 saturated carbocycles. The van der Waals surface area contributed by atoms with Gasteiger partial charge in [-0.15, -0.1) is 0 Å². The fraction of sp³-hybridized carbons (Fsp3) is 1.00. The molecule has 47 heavy (non-hydrogen) atoms. The molecule has 0 aliphatic carbocycles. The molecule has 0 aromatic rings. The van der Waals surface area contributed by atoms with E-state index in [1.807, 2.05) is 0 Å². The molecule has 31 nitrogen and oxygen atoms in total. The summed E-state index contributed by atoms with van der Waals surface area (Å²) in [6.07, 6.45) is -21.4. The Bertz CT molecular complexity index is 1410. The van der Waals surface area contributed by atoms with Crippen LogP contribution in [-0.4, -0.2) is 127 Å². The Kier molecular flexibility index (Phi) is 15.4. The van der Waals surface area contributed by atoms with Gasteiger partial charge in [0.15, 0.2) is 30.7 Å². The Hall–Kier alpha value is -1.12. The molecule has 9 atom stereocenters. The molecule has 0 aromatic heterocycles. The highest BCUT2D eigenvalue weighted by Gasteiger charge is 2.64. The topological polar surface area (TPSA) is 459 Å². The molecule has 0 aromatic carbocycles. The van der Waals surface area contributed by atoms with Crippen LogP contribution in [0.4, 0.5) is 0 Å². The van der Waals surface area contributed by atoms with Gasteiger partial charge in [0.1, 0.15) is 31.5 Å². The first-order valence-electron chi connectivity index (χ1n) is 10.9. The Morgan fingerprint density at radius 2 is 1.11 bits per heavy atom. The minimum Gasteiger partial charge on any atom is -0.726 e.